The van der Waals surface area contributed by atoms with Gasteiger partial charge >= 0.3 is 0 Å². The van der Waals surface area contributed by atoms with E-state index in [1.54, 1.807) is 23.5 Å². The van der Waals surface area contributed by atoms with Gasteiger partial charge in [-0.15, -0.1) is 11.3 Å². The third-order valence-corrected chi connectivity index (χ3v) is 6.81. The lowest BCUT2D eigenvalue weighted by molar-refractivity contribution is -0.117. The molecule has 1 aliphatic rings. The molecular weight excluding hydrogens is 416 g/mol. The van der Waals surface area contributed by atoms with Gasteiger partial charge in [0.15, 0.2) is 0 Å². The number of hydrogen-bond donors (Lipinski definition) is 1. The Labute approximate surface area is 184 Å². The average Bonchev–Trinajstić information content (AvgIpc) is 3.16. The first-order valence-electron chi connectivity index (χ1n) is 9.88. The van der Waals surface area contributed by atoms with Crippen LogP contribution in [0.5, 0.6) is 0 Å². The molecule has 0 spiro atoms. The molecular formula is C22H24N4O2S2. The Kier molecular flexibility index (Phi) is 6.66. The van der Waals surface area contributed by atoms with Crippen molar-refractivity contribution in [3.8, 4) is 0 Å². The van der Waals surface area contributed by atoms with E-state index < -0.39 is 0 Å². The number of likely N-dealkylation sites (N-methyl/N-ethyl adjacent to an activating group) is 1. The van der Waals surface area contributed by atoms with Crippen LogP contribution in [0, 0.1) is 0 Å². The minimum absolute atomic E-state index is 0.0272. The lowest BCUT2D eigenvalue weighted by Crippen LogP contribution is -2.37. The summed E-state index contributed by atoms with van der Waals surface area (Å²) in [6.07, 6.45) is 0. The van der Waals surface area contributed by atoms with Gasteiger partial charge in [-0.2, -0.15) is 11.8 Å². The van der Waals surface area contributed by atoms with Gasteiger partial charge < -0.3 is 10.2 Å². The van der Waals surface area contributed by atoms with Crippen LogP contribution in [0.1, 0.15) is 15.4 Å². The Morgan fingerprint density at radius 2 is 1.93 bits per heavy atom. The van der Waals surface area contributed by atoms with Gasteiger partial charge in [0.2, 0.25) is 5.91 Å². The van der Waals surface area contributed by atoms with Crippen LogP contribution < -0.4 is 5.32 Å². The summed E-state index contributed by atoms with van der Waals surface area (Å²) >= 11 is 3.52. The number of carbonyl (C=O) groups is 2. The summed E-state index contributed by atoms with van der Waals surface area (Å²) in [5, 5.41) is 3.90. The predicted molar refractivity (Wildman–Crippen MR) is 124 cm³/mol. The van der Waals surface area contributed by atoms with Crippen molar-refractivity contribution in [2.24, 2.45) is 0 Å². The number of para-hydroxylation sites is 1. The van der Waals surface area contributed by atoms with Crippen LogP contribution in [0.3, 0.4) is 0 Å². The lowest BCUT2D eigenvalue weighted by Gasteiger charge is -2.26. The number of thiazole rings is 1. The van der Waals surface area contributed by atoms with Crippen LogP contribution in [0.4, 0.5) is 5.69 Å². The second kappa shape index (κ2) is 9.59. The van der Waals surface area contributed by atoms with E-state index in [-0.39, 0.29) is 18.4 Å². The molecule has 0 atom stereocenters. The number of anilines is 1. The molecule has 0 saturated carbocycles. The largest absolute Gasteiger partial charge is 0.337 e. The number of fused-ring (bicyclic) bond motifs is 1. The van der Waals surface area contributed by atoms with Crippen LogP contribution in [-0.4, -0.2) is 64.8 Å². The number of thioether (sulfide) groups is 1. The summed E-state index contributed by atoms with van der Waals surface area (Å²) in [5.41, 5.74) is 2.25. The lowest BCUT2D eigenvalue weighted by atomic mass is 10.1. The Hall–Kier alpha value is -2.42. The fourth-order valence-electron chi connectivity index (χ4n) is 3.40. The summed E-state index contributed by atoms with van der Waals surface area (Å²) in [4.78, 5) is 33.6. The van der Waals surface area contributed by atoms with Gasteiger partial charge in [0.05, 0.1) is 23.3 Å². The summed E-state index contributed by atoms with van der Waals surface area (Å²) in [6.45, 7) is 2.41. The quantitative estimate of drug-likeness (QED) is 0.635. The number of nitrogens with one attached hydrogen (secondary N) is 1. The highest BCUT2D eigenvalue weighted by atomic mass is 32.2. The molecule has 0 radical (unpaired) electrons. The second-order valence-electron chi connectivity index (χ2n) is 7.28. The maximum absolute atomic E-state index is 12.7. The van der Waals surface area contributed by atoms with Crippen molar-refractivity contribution in [1.29, 1.82) is 0 Å². The molecule has 0 bridgehead atoms. The molecule has 1 aliphatic heterocycles. The minimum Gasteiger partial charge on any atom is -0.337 e. The number of aromatic nitrogens is 1. The summed E-state index contributed by atoms with van der Waals surface area (Å²) in [6, 6.07) is 15.2. The van der Waals surface area contributed by atoms with E-state index in [2.05, 4.69) is 16.4 Å². The molecule has 4 rings (SSSR count). The third kappa shape index (κ3) is 5.19. The van der Waals surface area contributed by atoms with Gasteiger partial charge in [0.25, 0.3) is 5.91 Å². The highest BCUT2D eigenvalue weighted by Gasteiger charge is 2.19. The van der Waals surface area contributed by atoms with E-state index in [1.807, 2.05) is 58.9 Å². The molecule has 2 amide bonds. The molecule has 0 aliphatic carbocycles. The summed E-state index contributed by atoms with van der Waals surface area (Å²) in [7, 11) is 1.90. The number of benzene rings is 2. The first-order valence-corrected chi connectivity index (χ1v) is 11.9. The Balaban J connectivity index is 1.33. The van der Waals surface area contributed by atoms with Crippen LogP contribution in [0.15, 0.2) is 48.5 Å². The Bertz CT molecular complexity index is 1010. The zero-order valence-electron chi connectivity index (χ0n) is 16.8. The number of amides is 2. The number of nitrogens with zero attached hydrogens (tertiary/aromatic N) is 3. The van der Waals surface area contributed by atoms with Gasteiger partial charge in [-0.25, -0.2) is 4.98 Å². The SMILES string of the molecule is CN(CC(=O)Nc1cccc(C(=O)N2CCSCC2)c1)Cc1nc2ccccc2s1. The van der Waals surface area contributed by atoms with Crippen LogP contribution >= 0.6 is 23.1 Å². The van der Waals surface area contributed by atoms with E-state index in [1.165, 1.54) is 0 Å². The molecule has 0 unspecified atom stereocenters. The van der Waals surface area contributed by atoms with Crippen molar-refractivity contribution >= 4 is 50.8 Å². The van der Waals surface area contributed by atoms with Crippen molar-refractivity contribution in [2.45, 2.75) is 6.54 Å². The zero-order valence-corrected chi connectivity index (χ0v) is 18.5. The van der Waals surface area contributed by atoms with Gasteiger partial charge in [-0.3, -0.25) is 14.5 Å². The molecule has 1 N–H and O–H groups in total. The molecule has 1 aromatic heterocycles. The molecule has 156 valence electrons. The highest BCUT2D eigenvalue weighted by Crippen LogP contribution is 2.22. The number of carbonyl (C=O) groups excluding carboxylic acids is 2. The molecule has 3 aromatic rings. The topological polar surface area (TPSA) is 65.5 Å². The van der Waals surface area contributed by atoms with Crippen LogP contribution in [-0.2, 0) is 11.3 Å². The summed E-state index contributed by atoms with van der Waals surface area (Å²) < 4.78 is 1.15. The highest BCUT2D eigenvalue weighted by molar-refractivity contribution is 7.99. The van der Waals surface area contributed by atoms with E-state index in [0.717, 1.165) is 39.8 Å². The molecule has 6 nitrogen and oxygen atoms in total. The average molecular weight is 441 g/mol. The molecule has 2 heterocycles. The molecule has 30 heavy (non-hydrogen) atoms. The summed E-state index contributed by atoms with van der Waals surface area (Å²) in [5.74, 6) is 1.86. The second-order valence-corrected chi connectivity index (χ2v) is 9.62. The maximum Gasteiger partial charge on any atom is 0.253 e. The minimum atomic E-state index is -0.113. The molecule has 2 aromatic carbocycles. The predicted octanol–water partition coefficient (Wildman–Crippen LogP) is 3.56. The van der Waals surface area contributed by atoms with Crippen LogP contribution in [0.2, 0.25) is 0 Å². The van der Waals surface area contributed by atoms with Crippen molar-refractivity contribution in [3.05, 3.63) is 59.1 Å². The van der Waals surface area contributed by atoms with Gasteiger partial charge in [-0.1, -0.05) is 18.2 Å². The van der Waals surface area contributed by atoms with Gasteiger partial charge in [0.1, 0.15) is 5.01 Å². The van der Waals surface area contributed by atoms with Crippen LogP contribution in [0.25, 0.3) is 10.2 Å². The molecule has 1 saturated heterocycles. The van der Waals surface area contributed by atoms with E-state index in [9.17, 15) is 9.59 Å². The van der Waals surface area contributed by atoms with E-state index in [4.69, 9.17) is 0 Å². The smallest absolute Gasteiger partial charge is 0.253 e. The standard InChI is InChI=1S/C22H24N4O2S2/c1-25(15-21-24-18-7-2-3-8-19(18)30-21)14-20(27)23-17-6-4-5-16(13-17)22(28)26-9-11-29-12-10-26/h2-8,13H,9-12,14-15H2,1H3,(H,23,27). The first-order chi connectivity index (χ1) is 14.6. The Morgan fingerprint density at radius 1 is 1.13 bits per heavy atom. The zero-order chi connectivity index (χ0) is 20.9. The van der Waals surface area contributed by atoms with Crippen molar-refractivity contribution < 1.29 is 9.59 Å². The Morgan fingerprint density at radius 3 is 2.73 bits per heavy atom. The van der Waals surface area contributed by atoms with Gasteiger partial charge in [-0.05, 0) is 37.4 Å². The number of rotatable bonds is 6. The fourth-order valence-corrected chi connectivity index (χ4v) is 5.35. The van der Waals surface area contributed by atoms with E-state index >= 15 is 0 Å². The van der Waals surface area contributed by atoms with Crippen molar-refractivity contribution in [1.82, 2.24) is 14.8 Å². The fraction of sp³-hybridized carbons (Fsp3) is 0.318. The molecule has 1 fully saturated rings. The number of hydrogen-bond acceptors (Lipinski definition) is 6. The molecule has 8 heteroatoms. The monoisotopic (exact) mass is 440 g/mol. The maximum atomic E-state index is 12.7. The van der Waals surface area contributed by atoms with Crippen molar-refractivity contribution in [3.63, 3.8) is 0 Å². The van der Waals surface area contributed by atoms with E-state index in [0.29, 0.717) is 17.8 Å². The first kappa shape index (κ1) is 20.8. The van der Waals surface area contributed by atoms with Crippen molar-refractivity contribution in [2.75, 3.05) is 43.5 Å². The normalized spacial score (nSPS) is 14.3. The van der Waals surface area contributed by atoms with Gasteiger partial charge in [0, 0.05) is 35.8 Å². The third-order valence-electron chi connectivity index (χ3n) is 4.85.